The zero-order chi connectivity index (χ0) is 20.4. The number of likely N-dealkylation sites (N-methyl/N-ethyl adjacent to an activating group) is 1. The number of guanidine groups is 1. The van der Waals surface area contributed by atoms with Crippen LogP contribution in [0.25, 0.3) is 0 Å². The van der Waals surface area contributed by atoms with Crippen LogP contribution in [-0.2, 0) is 17.8 Å². The van der Waals surface area contributed by atoms with Crippen LogP contribution in [0.4, 0.5) is 4.39 Å². The molecule has 0 saturated heterocycles. The fourth-order valence-corrected chi connectivity index (χ4v) is 2.37. The number of hydrogen-bond acceptors (Lipinski definition) is 3. The van der Waals surface area contributed by atoms with E-state index in [0.717, 1.165) is 23.3 Å². The van der Waals surface area contributed by atoms with Gasteiger partial charge in [-0.3, -0.25) is 4.79 Å². The van der Waals surface area contributed by atoms with E-state index in [1.165, 1.54) is 17.0 Å². The Hall–Kier alpha value is -2.36. The second kappa shape index (κ2) is 13.0. The maximum absolute atomic E-state index is 13.0. The number of hydrogen-bond donors (Lipinski definition) is 2. The normalized spacial score (nSPS) is 10.7. The van der Waals surface area contributed by atoms with Gasteiger partial charge in [-0.25, -0.2) is 9.38 Å². The first-order valence-corrected chi connectivity index (χ1v) is 9.07. The monoisotopic (exact) mass is 514 g/mol. The van der Waals surface area contributed by atoms with Gasteiger partial charge in [0.15, 0.2) is 5.96 Å². The highest BCUT2D eigenvalue weighted by Gasteiger charge is 2.06. The van der Waals surface area contributed by atoms with E-state index >= 15 is 0 Å². The van der Waals surface area contributed by atoms with Crippen molar-refractivity contribution in [3.05, 3.63) is 65.5 Å². The Labute approximate surface area is 188 Å². The van der Waals surface area contributed by atoms with E-state index in [0.29, 0.717) is 19.0 Å². The molecule has 158 valence electrons. The zero-order valence-corrected chi connectivity index (χ0v) is 19.3. The van der Waals surface area contributed by atoms with Gasteiger partial charge in [-0.05, 0) is 41.8 Å². The number of aliphatic imine (C=N–C) groups is 1. The lowest BCUT2D eigenvalue weighted by Gasteiger charge is -2.15. The molecule has 0 bridgehead atoms. The summed E-state index contributed by atoms with van der Waals surface area (Å²) >= 11 is 0. The third kappa shape index (κ3) is 9.12. The van der Waals surface area contributed by atoms with E-state index < -0.39 is 0 Å². The molecule has 2 aromatic carbocycles. The first-order valence-electron chi connectivity index (χ1n) is 9.07. The van der Waals surface area contributed by atoms with Crippen LogP contribution in [0.2, 0.25) is 0 Å². The highest BCUT2D eigenvalue weighted by Crippen LogP contribution is 2.11. The minimum atomic E-state index is -0.278. The van der Waals surface area contributed by atoms with Crippen LogP contribution in [0.3, 0.4) is 0 Å². The largest absolute Gasteiger partial charge is 0.497 e. The highest BCUT2D eigenvalue weighted by molar-refractivity contribution is 14.0. The molecule has 2 aromatic rings. The predicted molar refractivity (Wildman–Crippen MR) is 124 cm³/mol. The summed E-state index contributed by atoms with van der Waals surface area (Å²) in [5, 5.41) is 6.28. The fourth-order valence-electron chi connectivity index (χ4n) is 2.37. The molecule has 0 atom stereocenters. The molecule has 0 unspecified atom stereocenters. The number of nitrogens with zero attached hydrogens (tertiary/aromatic N) is 2. The summed E-state index contributed by atoms with van der Waals surface area (Å²) in [6, 6.07) is 14.1. The number of carbonyl (C=O) groups excluding carboxylic acids is 1. The van der Waals surface area contributed by atoms with E-state index in [4.69, 9.17) is 4.74 Å². The van der Waals surface area contributed by atoms with E-state index in [-0.39, 0.29) is 42.2 Å². The minimum absolute atomic E-state index is 0. The van der Waals surface area contributed by atoms with Gasteiger partial charge in [0.05, 0.1) is 20.2 Å². The molecule has 0 fully saturated rings. The lowest BCUT2D eigenvalue weighted by molar-refractivity contribution is -0.127. The van der Waals surface area contributed by atoms with Gasteiger partial charge < -0.3 is 20.3 Å². The van der Waals surface area contributed by atoms with Crippen molar-refractivity contribution in [2.75, 3.05) is 34.3 Å². The molecule has 8 heteroatoms. The van der Waals surface area contributed by atoms with Crippen molar-refractivity contribution in [2.24, 2.45) is 4.99 Å². The Kier molecular flexibility index (Phi) is 11.0. The lowest BCUT2D eigenvalue weighted by Crippen LogP contribution is -2.43. The van der Waals surface area contributed by atoms with Gasteiger partial charge in [-0.2, -0.15) is 0 Å². The summed E-state index contributed by atoms with van der Waals surface area (Å²) in [6.07, 6.45) is 0.795. The van der Waals surface area contributed by atoms with Crippen molar-refractivity contribution in [1.29, 1.82) is 0 Å². The molecule has 0 aliphatic heterocycles. The third-order valence-corrected chi connectivity index (χ3v) is 4.10. The first-order chi connectivity index (χ1) is 13.5. The van der Waals surface area contributed by atoms with E-state index in [1.54, 1.807) is 33.3 Å². The summed E-state index contributed by atoms with van der Waals surface area (Å²) in [5.74, 6) is 1.03. The summed E-state index contributed by atoms with van der Waals surface area (Å²) in [4.78, 5) is 17.9. The fraction of sp³-hybridized carbons (Fsp3) is 0.333. The number of benzene rings is 2. The molecular formula is C21H28FIN4O2. The molecular weight excluding hydrogens is 486 g/mol. The summed E-state index contributed by atoms with van der Waals surface area (Å²) in [5.41, 5.74) is 2.05. The second-order valence-corrected chi connectivity index (χ2v) is 6.46. The van der Waals surface area contributed by atoms with Crippen molar-refractivity contribution in [2.45, 2.75) is 13.0 Å². The highest BCUT2D eigenvalue weighted by atomic mass is 127. The van der Waals surface area contributed by atoms with Crippen molar-refractivity contribution in [1.82, 2.24) is 15.5 Å². The Morgan fingerprint density at radius 2 is 1.66 bits per heavy atom. The lowest BCUT2D eigenvalue weighted by atomic mass is 10.1. The maximum atomic E-state index is 13.0. The van der Waals surface area contributed by atoms with Crippen LogP contribution in [0.5, 0.6) is 5.75 Å². The molecule has 0 radical (unpaired) electrons. The Morgan fingerprint density at radius 1 is 1.03 bits per heavy atom. The molecule has 2 N–H and O–H groups in total. The average molecular weight is 514 g/mol. The molecule has 6 nitrogen and oxygen atoms in total. The molecule has 0 aliphatic rings. The molecule has 0 aliphatic carbocycles. The van der Waals surface area contributed by atoms with Gasteiger partial charge in [-0.1, -0.05) is 24.3 Å². The average Bonchev–Trinajstić information content (AvgIpc) is 2.71. The van der Waals surface area contributed by atoms with Gasteiger partial charge in [0.2, 0.25) is 5.91 Å². The number of carbonyl (C=O) groups is 1. The van der Waals surface area contributed by atoms with E-state index in [9.17, 15) is 9.18 Å². The zero-order valence-electron chi connectivity index (χ0n) is 16.9. The second-order valence-electron chi connectivity index (χ2n) is 6.46. The Balaban J connectivity index is 0.00000420. The molecule has 0 spiro atoms. The summed E-state index contributed by atoms with van der Waals surface area (Å²) in [7, 11) is 5.05. The molecule has 1 amide bonds. The molecule has 0 aromatic heterocycles. The van der Waals surface area contributed by atoms with Crippen LogP contribution in [0.1, 0.15) is 11.1 Å². The number of halogens is 2. The summed E-state index contributed by atoms with van der Waals surface area (Å²) in [6.45, 7) is 1.18. The summed E-state index contributed by atoms with van der Waals surface area (Å²) < 4.78 is 18.2. The quantitative estimate of drug-likeness (QED) is 0.323. The van der Waals surface area contributed by atoms with Crippen molar-refractivity contribution < 1.29 is 13.9 Å². The maximum Gasteiger partial charge on any atom is 0.241 e. The number of amides is 1. The molecule has 2 rings (SSSR count). The van der Waals surface area contributed by atoms with Crippen LogP contribution in [0, 0.1) is 5.82 Å². The van der Waals surface area contributed by atoms with E-state index in [2.05, 4.69) is 15.6 Å². The smallest absolute Gasteiger partial charge is 0.241 e. The van der Waals surface area contributed by atoms with Crippen LogP contribution >= 0.6 is 24.0 Å². The minimum Gasteiger partial charge on any atom is -0.497 e. The van der Waals surface area contributed by atoms with Gasteiger partial charge in [0, 0.05) is 20.6 Å². The standard InChI is InChI=1S/C21H27FN4O2.HI/c1-26(2)20(27)15-25-21(24-14-17-4-8-18(22)9-5-17)23-13-12-16-6-10-19(28-3)11-7-16;/h4-11H,12-15H2,1-3H3,(H2,23,24,25);1H. The number of rotatable bonds is 8. The SMILES string of the molecule is COc1ccc(CCNC(=NCc2ccc(F)cc2)NCC(=O)N(C)C)cc1.I. The van der Waals surface area contributed by atoms with Crippen molar-refractivity contribution >= 4 is 35.8 Å². The van der Waals surface area contributed by atoms with Gasteiger partial charge in [0.1, 0.15) is 11.6 Å². The molecule has 0 heterocycles. The number of ether oxygens (including phenoxy) is 1. The van der Waals surface area contributed by atoms with Crippen molar-refractivity contribution in [3.63, 3.8) is 0 Å². The van der Waals surface area contributed by atoms with Crippen LogP contribution in [-0.4, -0.2) is 51.1 Å². The molecule has 0 saturated carbocycles. The van der Waals surface area contributed by atoms with Crippen LogP contribution < -0.4 is 15.4 Å². The van der Waals surface area contributed by atoms with Gasteiger partial charge in [0.25, 0.3) is 0 Å². The van der Waals surface area contributed by atoms with Gasteiger partial charge in [-0.15, -0.1) is 24.0 Å². The number of methoxy groups -OCH3 is 1. The van der Waals surface area contributed by atoms with Crippen LogP contribution in [0.15, 0.2) is 53.5 Å². The number of nitrogens with one attached hydrogen (secondary N) is 2. The van der Waals surface area contributed by atoms with Gasteiger partial charge >= 0.3 is 0 Å². The molecule has 29 heavy (non-hydrogen) atoms. The Bertz CT molecular complexity index is 780. The van der Waals surface area contributed by atoms with Crippen molar-refractivity contribution in [3.8, 4) is 5.75 Å². The third-order valence-electron chi connectivity index (χ3n) is 4.10. The van der Waals surface area contributed by atoms with E-state index in [1.807, 2.05) is 24.3 Å². The Morgan fingerprint density at radius 3 is 2.24 bits per heavy atom. The first kappa shape index (κ1) is 24.7. The predicted octanol–water partition coefficient (Wildman–Crippen LogP) is 2.82. The topological polar surface area (TPSA) is 66.0 Å².